The number of ether oxygens (including phenoxy) is 1. The Balaban J connectivity index is 3.24. The summed E-state index contributed by atoms with van der Waals surface area (Å²) in [5, 5.41) is 0. The van der Waals surface area contributed by atoms with Gasteiger partial charge in [-0.15, -0.1) is 0 Å². The number of hydrogen-bond donors (Lipinski definition) is 0. The van der Waals surface area contributed by atoms with Gasteiger partial charge < -0.3 is 4.74 Å². The maximum atomic E-state index is 13.2. The molecule has 0 saturated carbocycles. The molecule has 0 amide bonds. The highest BCUT2D eigenvalue weighted by atomic mass is 19.4. The Morgan fingerprint density at radius 2 is 1.81 bits per heavy atom. The van der Waals surface area contributed by atoms with Crippen molar-refractivity contribution in [3.8, 4) is 0 Å². The van der Waals surface area contributed by atoms with Crippen LogP contribution in [0.2, 0.25) is 0 Å². The fraction of sp³-hybridized carbons (Fsp3) is 0.412. The van der Waals surface area contributed by atoms with E-state index in [4.69, 9.17) is 4.74 Å². The summed E-state index contributed by atoms with van der Waals surface area (Å²) in [5.74, 6) is -0.927. The molecule has 0 radical (unpaired) electrons. The molecular weight excluding hydrogens is 277 g/mol. The lowest BCUT2D eigenvalue weighted by molar-refractivity contribution is -0.128. The molecule has 0 aliphatic rings. The predicted octanol–water partition coefficient (Wildman–Crippen LogP) is 5.74. The predicted molar refractivity (Wildman–Crippen MR) is 79.7 cm³/mol. The summed E-state index contributed by atoms with van der Waals surface area (Å²) >= 11 is 0. The first-order valence-corrected chi connectivity index (χ1v) is 7.16. The van der Waals surface area contributed by atoms with E-state index in [1.165, 1.54) is 6.08 Å². The van der Waals surface area contributed by atoms with Gasteiger partial charge in [0.1, 0.15) is 0 Å². The van der Waals surface area contributed by atoms with Gasteiger partial charge in [0.15, 0.2) is 0 Å². The number of benzene rings is 1. The maximum Gasteiger partial charge on any atom is 0.449 e. The fourth-order valence-corrected chi connectivity index (χ4v) is 1.90. The summed E-state index contributed by atoms with van der Waals surface area (Å²) in [7, 11) is 0. The zero-order valence-corrected chi connectivity index (χ0v) is 12.4. The van der Waals surface area contributed by atoms with E-state index in [-0.39, 0.29) is 12.2 Å². The van der Waals surface area contributed by atoms with Crippen LogP contribution in [0.4, 0.5) is 13.2 Å². The molecule has 0 aliphatic carbocycles. The van der Waals surface area contributed by atoms with Crippen molar-refractivity contribution < 1.29 is 17.9 Å². The van der Waals surface area contributed by atoms with Crippen molar-refractivity contribution in [2.75, 3.05) is 6.61 Å². The van der Waals surface area contributed by atoms with E-state index in [0.717, 1.165) is 19.3 Å². The second-order valence-corrected chi connectivity index (χ2v) is 4.58. The third kappa shape index (κ3) is 5.66. The zero-order valence-electron chi connectivity index (χ0n) is 12.4. The van der Waals surface area contributed by atoms with Crippen molar-refractivity contribution in [1.29, 1.82) is 0 Å². The van der Waals surface area contributed by atoms with Gasteiger partial charge in [0.05, 0.1) is 6.61 Å². The monoisotopic (exact) mass is 298 g/mol. The van der Waals surface area contributed by atoms with Crippen molar-refractivity contribution >= 4 is 5.57 Å². The quantitative estimate of drug-likeness (QED) is 0.354. The van der Waals surface area contributed by atoms with Crippen LogP contribution in [0.5, 0.6) is 0 Å². The number of unbranched alkanes of at least 4 members (excludes halogenated alkanes) is 2. The second kappa shape index (κ2) is 8.55. The highest BCUT2D eigenvalue weighted by Gasteiger charge is 2.38. The summed E-state index contributed by atoms with van der Waals surface area (Å²) in [6, 6.07) is 8.52. The minimum atomic E-state index is -4.50. The molecule has 0 fully saturated rings. The van der Waals surface area contributed by atoms with Gasteiger partial charge in [0.2, 0.25) is 5.76 Å². The molecule has 0 heterocycles. The number of hydrogen-bond acceptors (Lipinski definition) is 1. The second-order valence-electron chi connectivity index (χ2n) is 4.58. The van der Waals surface area contributed by atoms with Gasteiger partial charge in [-0.2, -0.15) is 13.2 Å². The SMILES string of the molecule is CCCC/C=C/C(=C(/OCC)C(F)(F)F)c1ccccc1. The standard InChI is InChI=1S/C17H21F3O/c1-3-5-6-10-13-15(14-11-8-7-9-12-14)16(21-4-2)17(18,19)20/h7-13H,3-6H2,1-2H3/b13-10+,16-15-. The lowest BCUT2D eigenvalue weighted by Gasteiger charge is -2.16. The van der Waals surface area contributed by atoms with Crippen LogP contribution in [0.3, 0.4) is 0 Å². The normalized spacial score (nSPS) is 13.4. The molecule has 0 bridgehead atoms. The van der Waals surface area contributed by atoms with Crippen LogP contribution in [0, 0.1) is 0 Å². The van der Waals surface area contributed by atoms with Crippen molar-refractivity contribution in [3.63, 3.8) is 0 Å². The summed E-state index contributed by atoms with van der Waals surface area (Å²) in [5.41, 5.74) is 0.590. The average molecular weight is 298 g/mol. The summed E-state index contributed by atoms with van der Waals surface area (Å²) < 4.78 is 44.5. The fourth-order valence-electron chi connectivity index (χ4n) is 1.90. The molecular formula is C17H21F3O. The van der Waals surface area contributed by atoms with Crippen molar-refractivity contribution in [3.05, 3.63) is 53.8 Å². The highest BCUT2D eigenvalue weighted by molar-refractivity contribution is 5.76. The van der Waals surface area contributed by atoms with Crippen molar-refractivity contribution in [2.45, 2.75) is 39.3 Å². The molecule has 0 spiro atoms. The molecule has 0 N–H and O–H groups in total. The molecule has 0 aromatic heterocycles. The lowest BCUT2D eigenvalue weighted by atomic mass is 10.0. The Bertz CT molecular complexity index is 473. The Morgan fingerprint density at radius 3 is 2.33 bits per heavy atom. The Labute approximate surface area is 124 Å². The van der Waals surface area contributed by atoms with Crippen molar-refractivity contribution in [2.24, 2.45) is 0 Å². The molecule has 0 atom stereocenters. The molecule has 0 unspecified atom stereocenters. The van der Waals surface area contributed by atoms with Gasteiger partial charge >= 0.3 is 6.18 Å². The van der Waals surface area contributed by atoms with E-state index >= 15 is 0 Å². The smallest absolute Gasteiger partial charge is 0.449 e. The maximum absolute atomic E-state index is 13.2. The Kier molecular flexibility index (Phi) is 7.06. The van der Waals surface area contributed by atoms with Gasteiger partial charge in [0, 0.05) is 5.57 Å². The molecule has 21 heavy (non-hydrogen) atoms. The van der Waals surface area contributed by atoms with Gasteiger partial charge in [0.25, 0.3) is 0 Å². The van der Waals surface area contributed by atoms with Gasteiger partial charge in [-0.05, 0) is 18.9 Å². The Hall–Kier alpha value is -1.71. The van der Waals surface area contributed by atoms with E-state index in [1.54, 1.807) is 43.3 Å². The van der Waals surface area contributed by atoms with Crippen LogP contribution in [0.1, 0.15) is 38.7 Å². The molecule has 0 aliphatic heterocycles. The van der Waals surface area contributed by atoms with Crippen LogP contribution >= 0.6 is 0 Å². The number of rotatable bonds is 7. The Morgan fingerprint density at radius 1 is 1.14 bits per heavy atom. The number of halogens is 3. The van der Waals surface area contributed by atoms with Gasteiger partial charge in [-0.3, -0.25) is 0 Å². The molecule has 1 aromatic carbocycles. The van der Waals surface area contributed by atoms with Crippen molar-refractivity contribution in [1.82, 2.24) is 0 Å². The highest BCUT2D eigenvalue weighted by Crippen LogP contribution is 2.34. The van der Waals surface area contributed by atoms with E-state index < -0.39 is 11.9 Å². The van der Waals surface area contributed by atoms with Crippen LogP contribution in [0.15, 0.2) is 48.2 Å². The molecule has 4 heteroatoms. The third-order valence-corrected chi connectivity index (χ3v) is 2.88. The average Bonchev–Trinajstić information content (AvgIpc) is 2.45. The molecule has 116 valence electrons. The van der Waals surface area contributed by atoms with Crippen LogP contribution in [-0.2, 0) is 4.74 Å². The minimum Gasteiger partial charge on any atom is -0.489 e. The van der Waals surface area contributed by atoms with E-state index in [9.17, 15) is 13.2 Å². The summed E-state index contributed by atoms with van der Waals surface area (Å²) in [6.07, 6.45) is 1.50. The molecule has 1 rings (SSSR count). The molecule has 0 saturated heterocycles. The summed E-state index contributed by atoms with van der Waals surface area (Å²) in [4.78, 5) is 0. The number of alkyl halides is 3. The van der Waals surface area contributed by atoms with Gasteiger partial charge in [-0.25, -0.2) is 0 Å². The molecule has 1 nitrogen and oxygen atoms in total. The van der Waals surface area contributed by atoms with Crippen LogP contribution in [0.25, 0.3) is 5.57 Å². The lowest BCUT2D eigenvalue weighted by Crippen LogP contribution is -2.16. The van der Waals surface area contributed by atoms with Gasteiger partial charge in [-0.1, -0.05) is 62.2 Å². The largest absolute Gasteiger partial charge is 0.489 e. The van der Waals surface area contributed by atoms with E-state index in [2.05, 4.69) is 0 Å². The topological polar surface area (TPSA) is 9.23 Å². The zero-order chi connectivity index (χ0) is 15.7. The van der Waals surface area contributed by atoms with E-state index in [0.29, 0.717) is 5.56 Å². The first-order chi connectivity index (χ1) is 10.0. The first kappa shape index (κ1) is 17.3. The van der Waals surface area contributed by atoms with Crippen LogP contribution in [-0.4, -0.2) is 12.8 Å². The number of allylic oxidation sites excluding steroid dienone is 4. The summed E-state index contributed by atoms with van der Waals surface area (Å²) in [6.45, 7) is 3.58. The molecule has 1 aromatic rings. The van der Waals surface area contributed by atoms with E-state index in [1.807, 2.05) is 6.92 Å². The van der Waals surface area contributed by atoms with Crippen LogP contribution < -0.4 is 0 Å². The first-order valence-electron chi connectivity index (χ1n) is 7.16. The third-order valence-electron chi connectivity index (χ3n) is 2.88. The minimum absolute atomic E-state index is 0.0199.